The minimum atomic E-state index is -0.882. The molecule has 1 rings (SSSR count). The van der Waals surface area contributed by atoms with Gasteiger partial charge in [0.05, 0.1) is 6.42 Å². The first-order valence-corrected chi connectivity index (χ1v) is 6.76. The summed E-state index contributed by atoms with van der Waals surface area (Å²) in [6.45, 7) is 5.41. The van der Waals surface area contributed by atoms with Crippen molar-refractivity contribution in [3.63, 3.8) is 0 Å². The van der Waals surface area contributed by atoms with Crippen LogP contribution in [0, 0.1) is 0 Å². The molecule has 6 nitrogen and oxygen atoms in total. The summed E-state index contributed by atoms with van der Waals surface area (Å²) in [5.41, 5.74) is 0. The highest BCUT2D eigenvalue weighted by Gasteiger charge is 2.27. The third kappa shape index (κ3) is 4.70. The number of carboxylic acid groups (broad SMARTS) is 1. The lowest BCUT2D eigenvalue weighted by atomic mass is 10.1. The normalized spacial score (nSPS) is 16.4. The number of rotatable bonds is 5. The SMILES string of the molecule is CC(C)N(CCC(=O)O)C(=O)N(C)C1CCOCC1. The number of amides is 2. The number of carbonyl (C=O) groups excluding carboxylic acids is 1. The third-order valence-corrected chi connectivity index (χ3v) is 3.48. The lowest BCUT2D eigenvalue weighted by molar-refractivity contribution is -0.137. The lowest BCUT2D eigenvalue weighted by Gasteiger charge is -2.36. The predicted octanol–water partition coefficient (Wildman–Crippen LogP) is 1.40. The quantitative estimate of drug-likeness (QED) is 0.821. The van der Waals surface area contributed by atoms with Crippen LogP contribution in [-0.4, -0.2) is 65.8 Å². The maximum atomic E-state index is 12.4. The summed E-state index contributed by atoms with van der Waals surface area (Å²) in [4.78, 5) is 26.4. The number of hydrogen-bond donors (Lipinski definition) is 1. The van der Waals surface area contributed by atoms with Gasteiger partial charge in [0.2, 0.25) is 0 Å². The minimum absolute atomic E-state index is 0.00543. The average Bonchev–Trinajstić information content (AvgIpc) is 2.38. The fraction of sp³-hybridized carbons (Fsp3) is 0.846. The lowest BCUT2D eigenvalue weighted by Crippen LogP contribution is -2.50. The number of ether oxygens (including phenoxy) is 1. The molecule has 1 heterocycles. The van der Waals surface area contributed by atoms with Gasteiger partial charge in [-0.2, -0.15) is 0 Å². The van der Waals surface area contributed by atoms with Crippen LogP contribution in [0.15, 0.2) is 0 Å². The monoisotopic (exact) mass is 272 g/mol. The van der Waals surface area contributed by atoms with Crippen molar-refractivity contribution >= 4 is 12.0 Å². The van der Waals surface area contributed by atoms with Gasteiger partial charge in [-0.25, -0.2) is 4.79 Å². The van der Waals surface area contributed by atoms with Crippen molar-refractivity contribution in [3.05, 3.63) is 0 Å². The molecule has 0 aromatic rings. The minimum Gasteiger partial charge on any atom is -0.481 e. The van der Waals surface area contributed by atoms with Crippen LogP contribution >= 0.6 is 0 Å². The molecule has 110 valence electrons. The first-order valence-electron chi connectivity index (χ1n) is 6.76. The van der Waals surface area contributed by atoms with Gasteiger partial charge in [-0.05, 0) is 26.7 Å². The Bertz CT molecular complexity index is 314. The van der Waals surface area contributed by atoms with Crippen molar-refractivity contribution in [3.8, 4) is 0 Å². The summed E-state index contributed by atoms with van der Waals surface area (Å²) in [6, 6.07) is 0.0876. The first kappa shape index (κ1) is 15.8. The topological polar surface area (TPSA) is 70.1 Å². The van der Waals surface area contributed by atoms with Crippen LogP contribution in [0.5, 0.6) is 0 Å². The van der Waals surface area contributed by atoms with E-state index in [4.69, 9.17) is 9.84 Å². The van der Waals surface area contributed by atoms with E-state index < -0.39 is 5.97 Å². The van der Waals surface area contributed by atoms with Crippen molar-refractivity contribution in [2.45, 2.75) is 45.2 Å². The van der Waals surface area contributed by atoms with Gasteiger partial charge in [-0.3, -0.25) is 4.79 Å². The predicted molar refractivity (Wildman–Crippen MR) is 71.1 cm³/mol. The molecule has 0 saturated carbocycles. The maximum absolute atomic E-state index is 12.4. The van der Waals surface area contributed by atoms with Gasteiger partial charge in [-0.15, -0.1) is 0 Å². The molecular formula is C13H24N2O4. The molecule has 2 amide bonds. The van der Waals surface area contributed by atoms with E-state index in [0.717, 1.165) is 12.8 Å². The number of carboxylic acids is 1. The Labute approximate surface area is 114 Å². The first-order chi connectivity index (χ1) is 8.93. The number of aliphatic carboxylic acids is 1. The molecule has 0 spiro atoms. The van der Waals surface area contributed by atoms with Crippen molar-refractivity contribution in [2.75, 3.05) is 26.8 Å². The van der Waals surface area contributed by atoms with Crippen molar-refractivity contribution < 1.29 is 19.4 Å². The van der Waals surface area contributed by atoms with E-state index in [1.54, 1.807) is 16.8 Å². The van der Waals surface area contributed by atoms with Gasteiger partial charge in [0.25, 0.3) is 0 Å². The van der Waals surface area contributed by atoms with Crippen LogP contribution < -0.4 is 0 Å². The third-order valence-electron chi connectivity index (χ3n) is 3.48. The molecule has 0 aromatic heterocycles. The molecule has 1 fully saturated rings. The van der Waals surface area contributed by atoms with Crippen LogP contribution in [0.1, 0.15) is 33.1 Å². The van der Waals surface area contributed by atoms with E-state index in [1.165, 1.54) is 0 Å². The molecule has 0 aliphatic carbocycles. The Kier molecular flexibility index (Phi) is 6.08. The van der Waals surface area contributed by atoms with Crippen LogP contribution in [0.4, 0.5) is 4.79 Å². The number of urea groups is 1. The largest absolute Gasteiger partial charge is 0.481 e. The Balaban J connectivity index is 2.61. The second-order valence-corrected chi connectivity index (χ2v) is 5.17. The van der Waals surface area contributed by atoms with Crippen LogP contribution in [-0.2, 0) is 9.53 Å². The van der Waals surface area contributed by atoms with E-state index in [2.05, 4.69) is 0 Å². The maximum Gasteiger partial charge on any atom is 0.320 e. The highest BCUT2D eigenvalue weighted by atomic mass is 16.5. The van der Waals surface area contributed by atoms with Crippen LogP contribution in [0.3, 0.4) is 0 Å². The zero-order chi connectivity index (χ0) is 14.4. The van der Waals surface area contributed by atoms with E-state index in [-0.39, 0.29) is 31.1 Å². The second-order valence-electron chi connectivity index (χ2n) is 5.17. The highest BCUT2D eigenvalue weighted by Crippen LogP contribution is 2.15. The fourth-order valence-corrected chi connectivity index (χ4v) is 2.22. The molecule has 0 aromatic carbocycles. The van der Waals surface area contributed by atoms with Gasteiger partial charge < -0.3 is 19.6 Å². The fourth-order valence-electron chi connectivity index (χ4n) is 2.22. The highest BCUT2D eigenvalue weighted by molar-refractivity contribution is 5.76. The molecule has 1 aliphatic rings. The van der Waals surface area contributed by atoms with Crippen molar-refractivity contribution in [1.29, 1.82) is 0 Å². The van der Waals surface area contributed by atoms with E-state index >= 15 is 0 Å². The van der Waals surface area contributed by atoms with E-state index in [1.807, 2.05) is 13.8 Å². The molecule has 0 atom stereocenters. The van der Waals surface area contributed by atoms with Gasteiger partial charge in [0.15, 0.2) is 0 Å². The van der Waals surface area contributed by atoms with Gasteiger partial charge in [-0.1, -0.05) is 0 Å². The second kappa shape index (κ2) is 7.33. The number of hydrogen-bond acceptors (Lipinski definition) is 3. The summed E-state index contributed by atoms with van der Waals surface area (Å²) < 4.78 is 5.29. The Morgan fingerprint density at radius 3 is 2.37 bits per heavy atom. The molecule has 1 saturated heterocycles. The van der Waals surface area contributed by atoms with Gasteiger partial charge in [0.1, 0.15) is 0 Å². The summed E-state index contributed by atoms with van der Waals surface area (Å²) in [5.74, 6) is -0.882. The smallest absolute Gasteiger partial charge is 0.320 e. The zero-order valence-corrected chi connectivity index (χ0v) is 12.0. The standard InChI is InChI=1S/C13H24N2O4/c1-10(2)15(7-4-12(16)17)13(18)14(3)11-5-8-19-9-6-11/h10-11H,4-9H2,1-3H3,(H,16,17). The van der Waals surface area contributed by atoms with Crippen LogP contribution in [0.25, 0.3) is 0 Å². The molecular weight excluding hydrogens is 248 g/mol. The summed E-state index contributed by atoms with van der Waals surface area (Å²) >= 11 is 0. The molecule has 6 heteroatoms. The zero-order valence-electron chi connectivity index (χ0n) is 12.0. The molecule has 0 bridgehead atoms. The van der Waals surface area contributed by atoms with Crippen molar-refractivity contribution in [2.24, 2.45) is 0 Å². The Morgan fingerprint density at radius 2 is 1.89 bits per heavy atom. The molecule has 0 unspecified atom stereocenters. The van der Waals surface area contributed by atoms with Crippen LogP contribution in [0.2, 0.25) is 0 Å². The number of carbonyl (C=O) groups is 2. The van der Waals surface area contributed by atoms with Crippen molar-refractivity contribution in [1.82, 2.24) is 9.80 Å². The molecule has 19 heavy (non-hydrogen) atoms. The van der Waals surface area contributed by atoms with E-state index in [9.17, 15) is 9.59 Å². The van der Waals surface area contributed by atoms with E-state index in [0.29, 0.717) is 13.2 Å². The molecule has 1 aliphatic heterocycles. The average molecular weight is 272 g/mol. The summed E-state index contributed by atoms with van der Waals surface area (Å²) in [7, 11) is 1.79. The molecule has 1 N–H and O–H groups in total. The van der Waals surface area contributed by atoms with Gasteiger partial charge >= 0.3 is 12.0 Å². The Hall–Kier alpha value is -1.30. The van der Waals surface area contributed by atoms with Gasteiger partial charge in [0, 0.05) is 38.9 Å². The number of nitrogens with zero attached hydrogens (tertiary/aromatic N) is 2. The molecule has 0 radical (unpaired) electrons. The summed E-state index contributed by atoms with van der Waals surface area (Å²) in [6.07, 6.45) is 1.66. The summed E-state index contributed by atoms with van der Waals surface area (Å²) in [5, 5.41) is 8.75. The Morgan fingerprint density at radius 1 is 1.32 bits per heavy atom.